The quantitative estimate of drug-likeness (QED) is 0.795. The average Bonchev–Trinajstić information content (AvgIpc) is 3.21. The minimum absolute atomic E-state index is 0.225. The van der Waals surface area contributed by atoms with Crippen molar-refractivity contribution in [2.45, 2.75) is 38.8 Å². The Morgan fingerprint density at radius 1 is 1.44 bits per heavy atom. The number of nitrogens with zero attached hydrogens (tertiary/aromatic N) is 2. The van der Waals surface area contributed by atoms with Gasteiger partial charge in [-0.15, -0.1) is 0 Å². The Bertz CT molecular complexity index is 376. The number of carbonyl (C=O) groups is 1. The van der Waals surface area contributed by atoms with Crippen molar-refractivity contribution in [3.63, 3.8) is 0 Å². The molecule has 2 rings (SSSR count). The van der Waals surface area contributed by atoms with E-state index in [4.69, 9.17) is 0 Å². The van der Waals surface area contributed by atoms with Crippen molar-refractivity contribution in [3.8, 4) is 0 Å². The number of hydrogen-bond donors (Lipinski definition) is 1. The van der Waals surface area contributed by atoms with E-state index in [1.165, 1.54) is 12.8 Å². The normalized spacial score (nSPS) is 14.5. The van der Waals surface area contributed by atoms with Crippen molar-refractivity contribution in [2.75, 3.05) is 13.1 Å². The highest BCUT2D eigenvalue weighted by Gasteiger charge is 2.20. The molecule has 1 fully saturated rings. The molecule has 4 nitrogen and oxygen atoms in total. The Balaban J connectivity index is 1.77. The number of rotatable bonds is 7. The van der Waals surface area contributed by atoms with Crippen molar-refractivity contribution >= 4 is 5.91 Å². The zero-order chi connectivity index (χ0) is 12.8. The fraction of sp³-hybridized carbons (Fsp3) is 0.571. The van der Waals surface area contributed by atoms with Gasteiger partial charge in [0.1, 0.15) is 0 Å². The standard InChI is InChI=1S/C14H21N3O/c1-2-17(11-12-5-8-15-9-6-12)14(18)7-10-16-13-3-4-13/h5-6,8-9,13,16H,2-4,7,10-11H2,1H3. The first-order valence-corrected chi connectivity index (χ1v) is 6.69. The summed E-state index contributed by atoms with van der Waals surface area (Å²) >= 11 is 0. The van der Waals surface area contributed by atoms with Crippen LogP contribution in [0.2, 0.25) is 0 Å². The summed E-state index contributed by atoms with van der Waals surface area (Å²) in [4.78, 5) is 17.9. The van der Waals surface area contributed by atoms with Crippen LogP contribution in [0.5, 0.6) is 0 Å². The molecule has 1 aliphatic rings. The second-order valence-corrected chi connectivity index (χ2v) is 4.74. The summed E-state index contributed by atoms with van der Waals surface area (Å²) in [5, 5.41) is 3.37. The summed E-state index contributed by atoms with van der Waals surface area (Å²) in [6.07, 6.45) is 6.66. The number of hydrogen-bond acceptors (Lipinski definition) is 3. The van der Waals surface area contributed by atoms with Crippen LogP contribution >= 0.6 is 0 Å². The number of aromatic nitrogens is 1. The van der Waals surface area contributed by atoms with Crippen LogP contribution in [0, 0.1) is 0 Å². The van der Waals surface area contributed by atoms with Gasteiger partial charge in [0, 0.05) is 44.5 Å². The maximum absolute atomic E-state index is 12.1. The molecule has 1 aromatic heterocycles. The number of carbonyl (C=O) groups excluding carboxylic acids is 1. The van der Waals surface area contributed by atoms with Gasteiger partial charge in [-0.3, -0.25) is 9.78 Å². The van der Waals surface area contributed by atoms with Gasteiger partial charge in [-0.2, -0.15) is 0 Å². The monoisotopic (exact) mass is 247 g/mol. The first-order valence-electron chi connectivity index (χ1n) is 6.69. The molecule has 4 heteroatoms. The van der Waals surface area contributed by atoms with E-state index < -0.39 is 0 Å². The molecular formula is C14H21N3O. The molecule has 0 saturated heterocycles. The lowest BCUT2D eigenvalue weighted by Gasteiger charge is -2.21. The van der Waals surface area contributed by atoms with E-state index in [-0.39, 0.29) is 5.91 Å². The summed E-state index contributed by atoms with van der Waals surface area (Å²) in [5.41, 5.74) is 1.13. The summed E-state index contributed by atoms with van der Waals surface area (Å²) in [6, 6.07) is 4.59. The van der Waals surface area contributed by atoms with E-state index in [1.54, 1.807) is 12.4 Å². The van der Waals surface area contributed by atoms with Crippen LogP contribution in [-0.2, 0) is 11.3 Å². The van der Waals surface area contributed by atoms with Crippen LogP contribution < -0.4 is 5.32 Å². The highest BCUT2D eigenvalue weighted by Crippen LogP contribution is 2.18. The third-order valence-electron chi connectivity index (χ3n) is 3.21. The molecule has 0 aromatic carbocycles. The largest absolute Gasteiger partial charge is 0.339 e. The number of amides is 1. The molecule has 1 aliphatic carbocycles. The van der Waals surface area contributed by atoms with E-state index in [0.29, 0.717) is 19.0 Å². The second kappa shape index (κ2) is 6.50. The second-order valence-electron chi connectivity index (χ2n) is 4.74. The molecule has 0 atom stereocenters. The molecule has 1 N–H and O–H groups in total. The highest BCUT2D eigenvalue weighted by molar-refractivity contribution is 5.76. The third kappa shape index (κ3) is 4.11. The lowest BCUT2D eigenvalue weighted by molar-refractivity contribution is -0.131. The van der Waals surface area contributed by atoms with Crippen LogP contribution in [0.4, 0.5) is 0 Å². The highest BCUT2D eigenvalue weighted by atomic mass is 16.2. The Labute approximate surface area is 108 Å². The molecule has 1 saturated carbocycles. The molecule has 0 radical (unpaired) electrons. The summed E-state index contributed by atoms with van der Waals surface area (Å²) < 4.78 is 0. The van der Waals surface area contributed by atoms with Gasteiger partial charge in [0.2, 0.25) is 5.91 Å². The van der Waals surface area contributed by atoms with Gasteiger partial charge in [-0.05, 0) is 37.5 Å². The minimum atomic E-state index is 0.225. The zero-order valence-electron chi connectivity index (χ0n) is 10.9. The van der Waals surface area contributed by atoms with Crippen molar-refractivity contribution in [1.82, 2.24) is 15.2 Å². The molecule has 1 heterocycles. The van der Waals surface area contributed by atoms with E-state index in [9.17, 15) is 4.79 Å². The van der Waals surface area contributed by atoms with Gasteiger partial charge >= 0.3 is 0 Å². The van der Waals surface area contributed by atoms with Crippen molar-refractivity contribution in [2.24, 2.45) is 0 Å². The predicted octanol–water partition coefficient (Wildman–Crippen LogP) is 1.57. The molecule has 0 unspecified atom stereocenters. The van der Waals surface area contributed by atoms with Gasteiger partial charge in [0.25, 0.3) is 0 Å². The Kier molecular flexibility index (Phi) is 4.70. The van der Waals surface area contributed by atoms with Gasteiger partial charge < -0.3 is 10.2 Å². The summed E-state index contributed by atoms with van der Waals surface area (Å²) in [5.74, 6) is 0.225. The fourth-order valence-corrected chi connectivity index (χ4v) is 1.91. The summed E-state index contributed by atoms with van der Waals surface area (Å²) in [6.45, 7) is 4.26. The Morgan fingerprint density at radius 3 is 2.78 bits per heavy atom. The predicted molar refractivity (Wildman–Crippen MR) is 71.0 cm³/mol. The van der Waals surface area contributed by atoms with E-state index >= 15 is 0 Å². The third-order valence-corrected chi connectivity index (χ3v) is 3.21. The molecular weight excluding hydrogens is 226 g/mol. The lowest BCUT2D eigenvalue weighted by Crippen LogP contribution is -2.33. The first-order chi connectivity index (χ1) is 8.79. The molecule has 1 amide bonds. The van der Waals surface area contributed by atoms with Crippen LogP contribution in [0.3, 0.4) is 0 Å². The summed E-state index contributed by atoms with van der Waals surface area (Å²) in [7, 11) is 0. The van der Waals surface area contributed by atoms with Crippen molar-refractivity contribution in [3.05, 3.63) is 30.1 Å². The molecule has 0 bridgehead atoms. The van der Waals surface area contributed by atoms with Crippen molar-refractivity contribution < 1.29 is 4.79 Å². The fourth-order valence-electron chi connectivity index (χ4n) is 1.91. The van der Waals surface area contributed by atoms with E-state index in [0.717, 1.165) is 18.7 Å². The van der Waals surface area contributed by atoms with Gasteiger partial charge in [0.15, 0.2) is 0 Å². The number of nitrogens with one attached hydrogen (secondary N) is 1. The van der Waals surface area contributed by atoms with E-state index in [1.807, 2.05) is 24.0 Å². The maximum Gasteiger partial charge on any atom is 0.224 e. The smallest absolute Gasteiger partial charge is 0.224 e. The first kappa shape index (κ1) is 13.0. The van der Waals surface area contributed by atoms with Crippen LogP contribution in [0.15, 0.2) is 24.5 Å². The van der Waals surface area contributed by atoms with Crippen molar-refractivity contribution in [1.29, 1.82) is 0 Å². The van der Waals surface area contributed by atoms with Crippen LogP contribution in [-0.4, -0.2) is 34.9 Å². The van der Waals surface area contributed by atoms with Gasteiger partial charge in [0.05, 0.1) is 0 Å². The topological polar surface area (TPSA) is 45.2 Å². The van der Waals surface area contributed by atoms with Crippen LogP contribution in [0.25, 0.3) is 0 Å². The van der Waals surface area contributed by atoms with Gasteiger partial charge in [-0.1, -0.05) is 0 Å². The Hall–Kier alpha value is -1.42. The minimum Gasteiger partial charge on any atom is -0.339 e. The molecule has 98 valence electrons. The van der Waals surface area contributed by atoms with Gasteiger partial charge in [-0.25, -0.2) is 0 Å². The SMILES string of the molecule is CCN(Cc1ccncc1)C(=O)CCNC1CC1. The maximum atomic E-state index is 12.1. The molecule has 0 aliphatic heterocycles. The lowest BCUT2D eigenvalue weighted by atomic mass is 10.2. The number of pyridine rings is 1. The average molecular weight is 247 g/mol. The van der Waals surface area contributed by atoms with E-state index in [2.05, 4.69) is 10.3 Å². The molecule has 0 spiro atoms. The van der Waals surface area contributed by atoms with Crippen LogP contribution in [0.1, 0.15) is 31.7 Å². The molecule has 1 aromatic rings. The molecule has 18 heavy (non-hydrogen) atoms. The zero-order valence-corrected chi connectivity index (χ0v) is 10.9. The Morgan fingerprint density at radius 2 is 2.17 bits per heavy atom.